The van der Waals surface area contributed by atoms with E-state index in [-0.39, 0.29) is 5.41 Å². The third-order valence-corrected chi connectivity index (χ3v) is 3.13. The Morgan fingerprint density at radius 1 is 1.45 bits per heavy atom. The highest BCUT2D eigenvalue weighted by molar-refractivity contribution is 5.71. The van der Waals surface area contributed by atoms with Gasteiger partial charge >= 0.3 is 5.97 Å². The van der Waals surface area contributed by atoms with Crippen LogP contribution in [-0.2, 0) is 4.79 Å². The lowest BCUT2D eigenvalue weighted by Gasteiger charge is -2.24. The van der Waals surface area contributed by atoms with Crippen molar-refractivity contribution in [2.45, 2.75) is 34.1 Å². The first-order valence-corrected chi connectivity index (χ1v) is 6.71. The average molecular weight is 274 g/mol. The standard InChI is InChI=1S/C16H22N2O2/c1-11-6-5-7-12(9-17)14(11)18-10-13(15(19)20)8-16(2,3)4/h5-7,13,18H,8,10H2,1-4H3,(H,19,20). The summed E-state index contributed by atoms with van der Waals surface area (Å²) in [5.41, 5.74) is 2.18. The first-order valence-electron chi connectivity index (χ1n) is 6.71. The SMILES string of the molecule is Cc1cccc(C#N)c1NCC(CC(C)(C)C)C(=O)O. The molecule has 1 aromatic rings. The van der Waals surface area contributed by atoms with Crippen molar-refractivity contribution in [3.8, 4) is 6.07 Å². The summed E-state index contributed by atoms with van der Waals surface area (Å²) in [7, 11) is 0. The third-order valence-electron chi connectivity index (χ3n) is 3.13. The molecule has 1 atom stereocenters. The molecule has 0 radical (unpaired) electrons. The van der Waals surface area contributed by atoms with Crippen LogP contribution in [0.1, 0.15) is 38.3 Å². The minimum Gasteiger partial charge on any atom is -0.481 e. The molecule has 0 aromatic heterocycles. The van der Waals surface area contributed by atoms with Crippen molar-refractivity contribution in [1.29, 1.82) is 5.26 Å². The smallest absolute Gasteiger partial charge is 0.308 e. The summed E-state index contributed by atoms with van der Waals surface area (Å²) in [5.74, 6) is -1.28. The number of rotatable bonds is 5. The van der Waals surface area contributed by atoms with Gasteiger partial charge in [-0.2, -0.15) is 5.26 Å². The average Bonchev–Trinajstić information content (AvgIpc) is 2.33. The molecule has 0 saturated heterocycles. The summed E-state index contributed by atoms with van der Waals surface area (Å²) in [6, 6.07) is 7.59. The van der Waals surface area contributed by atoms with Crippen molar-refractivity contribution in [1.82, 2.24) is 0 Å². The van der Waals surface area contributed by atoms with Crippen LogP contribution in [0.25, 0.3) is 0 Å². The van der Waals surface area contributed by atoms with Gasteiger partial charge in [0, 0.05) is 6.54 Å². The molecular weight excluding hydrogens is 252 g/mol. The van der Waals surface area contributed by atoms with Gasteiger partial charge in [0.25, 0.3) is 0 Å². The van der Waals surface area contributed by atoms with Gasteiger partial charge in [-0.05, 0) is 30.4 Å². The van der Waals surface area contributed by atoms with Crippen LogP contribution >= 0.6 is 0 Å². The van der Waals surface area contributed by atoms with E-state index in [1.807, 2.05) is 39.8 Å². The van der Waals surface area contributed by atoms with Crippen LogP contribution < -0.4 is 5.32 Å². The Kier molecular flexibility index (Phi) is 5.15. The summed E-state index contributed by atoms with van der Waals surface area (Å²) < 4.78 is 0. The second-order valence-electron chi connectivity index (χ2n) is 6.29. The van der Waals surface area contributed by atoms with Crippen molar-refractivity contribution >= 4 is 11.7 Å². The largest absolute Gasteiger partial charge is 0.481 e. The first-order chi connectivity index (χ1) is 9.24. The molecule has 0 fully saturated rings. The number of anilines is 1. The second-order valence-corrected chi connectivity index (χ2v) is 6.29. The minimum atomic E-state index is -0.806. The summed E-state index contributed by atoms with van der Waals surface area (Å²) >= 11 is 0. The lowest BCUT2D eigenvalue weighted by atomic mass is 9.84. The third kappa shape index (κ3) is 4.58. The Bertz CT molecular complexity index is 524. The molecule has 1 unspecified atom stereocenters. The monoisotopic (exact) mass is 274 g/mol. The maximum Gasteiger partial charge on any atom is 0.308 e. The Morgan fingerprint density at radius 3 is 2.60 bits per heavy atom. The number of aryl methyl sites for hydroxylation is 1. The summed E-state index contributed by atoms with van der Waals surface area (Å²) in [6.07, 6.45) is 0.586. The van der Waals surface area contributed by atoms with E-state index < -0.39 is 11.9 Å². The molecule has 0 spiro atoms. The zero-order valence-corrected chi connectivity index (χ0v) is 12.5. The topological polar surface area (TPSA) is 73.1 Å². The Morgan fingerprint density at radius 2 is 2.10 bits per heavy atom. The van der Waals surface area contributed by atoms with E-state index in [4.69, 9.17) is 5.26 Å². The molecule has 108 valence electrons. The summed E-state index contributed by atoms with van der Waals surface area (Å²) in [6.45, 7) is 8.31. The van der Waals surface area contributed by atoms with Gasteiger partial charge in [0.2, 0.25) is 0 Å². The maximum atomic E-state index is 11.3. The zero-order chi connectivity index (χ0) is 15.3. The van der Waals surface area contributed by atoms with Crippen LogP contribution in [-0.4, -0.2) is 17.6 Å². The summed E-state index contributed by atoms with van der Waals surface area (Å²) in [4.78, 5) is 11.3. The number of nitrogens with zero attached hydrogens (tertiary/aromatic N) is 1. The highest BCUT2D eigenvalue weighted by atomic mass is 16.4. The number of carboxylic acid groups (broad SMARTS) is 1. The highest BCUT2D eigenvalue weighted by Gasteiger charge is 2.24. The molecule has 1 rings (SSSR count). The normalized spacial score (nSPS) is 12.6. The molecular formula is C16H22N2O2. The number of hydrogen-bond donors (Lipinski definition) is 2. The fourth-order valence-electron chi connectivity index (χ4n) is 2.21. The van der Waals surface area contributed by atoms with Crippen molar-refractivity contribution < 1.29 is 9.90 Å². The Labute approximate surface area is 120 Å². The number of nitriles is 1. The van der Waals surface area contributed by atoms with Gasteiger partial charge in [0.15, 0.2) is 0 Å². The van der Waals surface area contributed by atoms with Gasteiger partial charge in [0.05, 0.1) is 17.2 Å². The van der Waals surface area contributed by atoms with Crippen LogP contribution in [0.2, 0.25) is 0 Å². The number of carboxylic acids is 1. The molecule has 0 bridgehead atoms. The van der Waals surface area contributed by atoms with Crippen LogP contribution in [0.15, 0.2) is 18.2 Å². The Balaban J connectivity index is 2.84. The molecule has 0 heterocycles. The van der Waals surface area contributed by atoms with Gasteiger partial charge in [-0.3, -0.25) is 4.79 Å². The van der Waals surface area contributed by atoms with Gasteiger partial charge in [0.1, 0.15) is 6.07 Å². The molecule has 4 heteroatoms. The predicted molar refractivity (Wildman–Crippen MR) is 79.6 cm³/mol. The molecule has 1 aromatic carbocycles. The fraction of sp³-hybridized carbons (Fsp3) is 0.500. The van der Waals surface area contributed by atoms with Crippen molar-refractivity contribution in [3.63, 3.8) is 0 Å². The number of hydrogen-bond acceptors (Lipinski definition) is 3. The van der Waals surface area contributed by atoms with E-state index in [1.165, 1.54) is 0 Å². The minimum absolute atomic E-state index is 0.0471. The molecule has 0 aliphatic heterocycles. The van der Waals surface area contributed by atoms with Gasteiger partial charge < -0.3 is 10.4 Å². The fourth-order valence-corrected chi connectivity index (χ4v) is 2.21. The number of nitrogens with one attached hydrogen (secondary N) is 1. The maximum absolute atomic E-state index is 11.3. The quantitative estimate of drug-likeness (QED) is 0.863. The summed E-state index contributed by atoms with van der Waals surface area (Å²) in [5, 5.41) is 21.5. The molecule has 2 N–H and O–H groups in total. The van der Waals surface area contributed by atoms with E-state index in [9.17, 15) is 9.90 Å². The molecule has 0 aliphatic rings. The van der Waals surface area contributed by atoms with Crippen molar-refractivity contribution in [3.05, 3.63) is 29.3 Å². The first kappa shape index (κ1) is 16.0. The second kappa shape index (κ2) is 6.42. The van der Waals surface area contributed by atoms with E-state index in [2.05, 4.69) is 11.4 Å². The van der Waals surface area contributed by atoms with Crippen LogP contribution in [0.4, 0.5) is 5.69 Å². The molecule has 4 nitrogen and oxygen atoms in total. The van der Waals surface area contributed by atoms with Crippen molar-refractivity contribution in [2.24, 2.45) is 11.3 Å². The van der Waals surface area contributed by atoms with Crippen molar-refractivity contribution in [2.75, 3.05) is 11.9 Å². The van der Waals surface area contributed by atoms with E-state index in [0.717, 1.165) is 11.3 Å². The zero-order valence-electron chi connectivity index (χ0n) is 12.5. The number of carbonyl (C=O) groups is 1. The van der Waals surface area contributed by atoms with Crippen LogP contribution in [0, 0.1) is 29.6 Å². The lowest BCUT2D eigenvalue weighted by Crippen LogP contribution is -2.27. The van der Waals surface area contributed by atoms with Gasteiger partial charge in [-0.25, -0.2) is 0 Å². The lowest BCUT2D eigenvalue weighted by molar-refractivity contribution is -0.142. The number of aliphatic carboxylic acids is 1. The van der Waals surface area contributed by atoms with Gasteiger partial charge in [-0.15, -0.1) is 0 Å². The molecule has 20 heavy (non-hydrogen) atoms. The van der Waals surface area contributed by atoms with E-state index in [1.54, 1.807) is 6.07 Å². The van der Waals surface area contributed by atoms with E-state index >= 15 is 0 Å². The molecule has 0 aliphatic carbocycles. The Hall–Kier alpha value is -2.02. The van der Waals surface area contributed by atoms with Crippen LogP contribution in [0.5, 0.6) is 0 Å². The number of para-hydroxylation sites is 1. The number of benzene rings is 1. The van der Waals surface area contributed by atoms with E-state index in [0.29, 0.717) is 18.5 Å². The van der Waals surface area contributed by atoms with Crippen LogP contribution in [0.3, 0.4) is 0 Å². The predicted octanol–water partition coefficient (Wildman–Crippen LogP) is 3.42. The molecule has 0 saturated carbocycles. The molecule has 0 amide bonds. The van der Waals surface area contributed by atoms with Gasteiger partial charge in [-0.1, -0.05) is 32.9 Å². The highest BCUT2D eigenvalue weighted by Crippen LogP contribution is 2.26.